The van der Waals surface area contributed by atoms with Gasteiger partial charge >= 0.3 is 0 Å². The molecule has 1 N–H and O–H groups in total. The molecule has 0 saturated carbocycles. The maximum atomic E-state index is 11.6. The molecule has 0 aliphatic carbocycles. The number of carbonyl (C=O) groups excluding carboxylic acids is 2. The van der Waals surface area contributed by atoms with Gasteiger partial charge in [-0.15, -0.1) is 0 Å². The number of hydrogen-bond acceptors (Lipinski definition) is 5. The maximum Gasteiger partial charge on any atom is 0.224 e. The van der Waals surface area contributed by atoms with Crippen LogP contribution in [-0.2, 0) is 16.0 Å². The fourth-order valence-corrected chi connectivity index (χ4v) is 1.52. The molecule has 5 nitrogen and oxygen atoms in total. The van der Waals surface area contributed by atoms with Crippen molar-refractivity contribution in [3.8, 4) is 0 Å². The van der Waals surface area contributed by atoms with Crippen LogP contribution in [0.25, 0.3) is 0 Å². The monoisotopic (exact) mass is 269 g/mol. The van der Waals surface area contributed by atoms with Crippen molar-refractivity contribution in [1.29, 1.82) is 0 Å². The fraction of sp³-hybridized carbons (Fsp3) is 0.500. The quantitative estimate of drug-likeness (QED) is 0.632. The van der Waals surface area contributed by atoms with E-state index in [1.165, 1.54) is 6.20 Å². The molecule has 6 heteroatoms. The first-order chi connectivity index (χ1) is 8.43. The number of ketones is 2. The van der Waals surface area contributed by atoms with Crippen LogP contribution in [0.1, 0.15) is 32.8 Å². The van der Waals surface area contributed by atoms with Crippen LogP contribution in [0.4, 0.5) is 5.82 Å². The molecule has 0 aliphatic rings. The van der Waals surface area contributed by atoms with Crippen molar-refractivity contribution in [2.24, 2.45) is 0 Å². The van der Waals surface area contributed by atoms with E-state index in [0.717, 1.165) is 0 Å². The van der Waals surface area contributed by atoms with Crippen LogP contribution in [0.2, 0.25) is 5.28 Å². The number of halogens is 1. The van der Waals surface area contributed by atoms with Gasteiger partial charge in [0.25, 0.3) is 0 Å². The molecule has 0 aromatic carbocycles. The Bertz CT molecular complexity index is 461. The Morgan fingerprint density at radius 3 is 2.61 bits per heavy atom. The van der Waals surface area contributed by atoms with Crippen LogP contribution < -0.4 is 5.32 Å². The summed E-state index contributed by atoms with van der Waals surface area (Å²) in [5.74, 6) is -0.321. The van der Waals surface area contributed by atoms with Crippen molar-refractivity contribution in [3.05, 3.63) is 17.0 Å². The van der Waals surface area contributed by atoms with Gasteiger partial charge < -0.3 is 5.32 Å². The zero-order valence-corrected chi connectivity index (χ0v) is 11.4. The third kappa shape index (κ3) is 4.07. The van der Waals surface area contributed by atoms with Crippen molar-refractivity contribution in [2.45, 2.75) is 39.7 Å². The lowest BCUT2D eigenvalue weighted by Gasteiger charge is -2.12. The van der Waals surface area contributed by atoms with Crippen LogP contribution in [-0.4, -0.2) is 27.6 Å². The Balaban J connectivity index is 2.94. The van der Waals surface area contributed by atoms with Crippen molar-refractivity contribution in [2.75, 3.05) is 5.32 Å². The molecule has 0 unspecified atom stereocenters. The van der Waals surface area contributed by atoms with Gasteiger partial charge in [0.15, 0.2) is 5.78 Å². The first kappa shape index (κ1) is 14.6. The van der Waals surface area contributed by atoms with E-state index in [1.54, 1.807) is 6.92 Å². The minimum atomic E-state index is -0.435. The van der Waals surface area contributed by atoms with Crippen LogP contribution >= 0.6 is 11.6 Å². The van der Waals surface area contributed by atoms with Gasteiger partial charge in [-0.25, -0.2) is 9.97 Å². The number of nitrogens with one attached hydrogen (secondary N) is 1. The van der Waals surface area contributed by atoms with E-state index >= 15 is 0 Å². The van der Waals surface area contributed by atoms with Crippen molar-refractivity contribution < 1.29 is 9.59 Å². The smallest absolute Gasteiger partial charge is 0.224 e. The first-order valence-corrected chi connectivity index (χ1v) is 6.15. The molecule has 0 saturated heterocycles. The number of Topliss-reactive ketones (excluding diaryl/α,β-unsaturated/α-hetero) is 2. The van der Waals surface area contributed by atoms with Gasteiger partial charge in [0.1, 0.15) is 5.82 Å². The molecule has 1 heterocycles. The summed E-state index contributed by atoms with van der Waals surface area (Å²) in [7, 11) is 0. The van der Waals surface area contributed by atoms with Crippen LogP contribution in [0.3, 0.4) is 0 Å². The van der Waals surface area contributed by atoms with E-state index in [-0.39, 0.29) is 30.0 Å². The highest BCUT2D eigenvalue weighted by Gasteiger charge is 2.16. The molecular formula is C12H16ClN3O2. The highest BCUT2D eigenvalue weighted by Crippen LogP contribution is 2.16. The minimum Gasteiger partial charge on any atom is -0.368 e. The average Bonchev–Trinajstić information content (AvgIpc) is 2.30. The van der Waals surface area contributed by atoms with Crippen molar-refractivity contribution in [1.82, 2.24) is 9.97 Å². The second-order valence-electron chi connectivity index (χ2n) is 4.19. The molecule has 1 aromatic rings. The van der Waals surface area contributed by atoms with Gasteiger partial charge in [0, 0.05) is 30.6 Å². The van der Waals surface area contributed by atoms with E-state index in [2.05, 4.69) is 15.3 Å². The second-order valence-corrected chi connectivity index (χ2v) is 4.53. The molecule has 1 rings (SSSR count). The molecule has 0 atom stereocenters. The Kier molecular flexibility index (Phi) is 5.22. The number of aromatic nitrogens is 2. The predicted octanol–water partition coefficient (Wildman–Crippen LogP) is 2.04. The molecule has 1 aromatic heterocycles. The van der Waals surface area contributed by atoms with Crippen molar-refractivity contribution >= 4 is 29.0 Å². The zero-order valence-electron chi connectivity index (χ0n) is 10.7. The molecular weight excluding hydrogens is 254 g/mol. The van der Waals surface area contributed by atoms with Crippen LogP contribution in [0, 0.1) is 0 Å². The predicted molar refractivity (Wildman–Crippen MR) is 69.8 cm³/mol. The number of anilines is 1. The lowest BCUT2D eigenvalue weighted by Crippen LogP contribution is -2.19. The van der Waals surface area contributed by atoms with E-state index in [1.807, 2.05) is 13.8 Å². The fourth-order valence-electron chi connectivity index (χ4n) is 1.38. The van der Waals surface area contributed by atoms with E-state index in [0.29, 0.717) is 11.4 Å². The van der Waals surface area contributed by atoms with E-state index < -0.39 is 5.78 Å². The minimum absolute atomic E-state index is 0.00110. The third-order valence-electron chi connectivity index (χ3n) is 2.24. The summed E-state index contributed by atoms with van der Waals surface area (Å²) in [6.07, 6.45) is 1.68. The summed E-state index contributed by atoms with van der Waals surface area (Å²) >= 11 is 5.71. The SMILES string of the molecule is CCC(=O)C(=O)Cc1cnc(Cl)nc1NC(C)C. The van der Waals surface area contributed by atoms with Gasteiger partial charge in [0.05, 0.1) is 0 Å². The zero-order chi connectivity index (χ0) is 13.7. The molecule has 0 aliphatic heterocycles. The lowest BCUT2D eigenvalue weighted by atomic mass is 10.1. The number of hydrogen-bond donors (Lipinski definition) is 1. The standard InChI is InChI=1S/C12H16ClN3O2/c1-4-9(17)10(18)5-8-6-14-12(13)16-11(8)15-7(2)3/h6-7H,4-5H2,1-3H3,(H,14,15,16). The highest BCUT2D eigenvalue weighted by atomic mass is 35.5. The van der Waals surface area contributed by atoms with Gasteiger partial charge in [-0.05, 0) is 25.4 Å². The molecule has 0 radical (unpaired) electrons. The summed E-state index contributed by atoms with van der Waals surface area (Å²) in [6, 6.07) is 0.145. The topological polar surface area (TPSA) is 72.0 Å². The summed E-state index contributed by atoms with van der Waals surface area (Å²) in [5.41, 5.74) is 0.583. The molecule has 0 amide bonds. The summed E-state index contributed by atoms with van der Waals surface area (Å²) in [5, 5.41) is 3.18. The van der Waals surface area contributed by atoms with Crippen LogP contribution in [0.15, 0.2) is 6.20 Å². The molecule has 0 bridgehead atoms. The van der Waals surface area contributed by atoms with Gasteiger partial charge in [0.2, 0.25) is 11.1 Å². The average molecular weight is 270 g/mol. The third-order valence-corrected chi connectivity index (χ3v) is 2.43. The summed E-state index contributed by atoms with van der Waals surface area (Å²) in [6.45, 7) is 5.55. The van der Waals surface area contributed by atoms with Gasteiger partial charge in [-0.1, -0.05) is 6.92 Å². The Morgan fingerprint density at radius 1 is 1.39 bits per heavy atom. The van der Waals surface area contributed by atoms with Crippen molar-refractivity contribution in [3.63, 3.8) is 0 Å². The maximum absolute atomic E-state index is 11.6. The lowest BCUT2D eigenvalue weighted by molar-refractivity contribution is -0.136. The Morgan fingerprint density at radius 2 is 2.06 bits per heavy atom. The summed E-state index contributed by atoms with van der Waals surface area (Å²) < 4.78 is 0. The number of nitrogens with zero attached hydrogens (tertiary/aromatic N) is 2. The van der Waals surface area contributed by atoms with Crippen LogP contribution in [0.5, 0.6) is 0 Å². The summed E-state index contributed by atoms with van der Waals surface area (Å²) in [4.78, 5) is 30.7. The molecule has 18 heavy (non-hydrogen) atoms. The number of rotatable bonds is 6. The number of carbonyl (C=O) groups is 2. The Hall–Kier alpha value is -1.49. The van der Waals surface area contributed by atoms with E-state index in [9.17, 15) is 9.59 Å². The van der Waals surface area contributed by atoms with Gasteiger partial charge in [-0.3, -0.25) is 9.59 Å². The molecule has 98 valence electrons. The Labute approximate surface area is 111 Å². The van der Waals surface area contributed by atoms with Gasteiger partial charge in [-0.2, -0.15) is 0 Å². The molecule has 0 fully saturated rings. The normalized spacial score (nSPS) is 10.5. The van der Waals surface area contributed by atoms with E-state index in [4.69, 9.17) is 11.6 Å². The first-order valence-electron chi connectivity index (χ1n) is 5.78. The molecule has 0 spiro atoms. The highest BCUT2D eigenvalue weighted by molar-refractivity contribution is 6.37. The largest absolute Gasteiger partial charge is 0.368 e. The second kappa shape index (κ2) is 6.44.